The van der Waals surface area contributed by atoms with Crippen LogP contribution in [-0.2, 0) is 17.6 Å². The Morgan fingerprint density at radius 3 is 2.64 bits per heavy atom. The van der Waals surface area contributed by atoms with Gasteiger partial charge >= 0.3 is 0 Å². The lowest BCUT2D eigenvalue weighted by atomic mass is 9.69. The Morgan fingerprint density at radius 1 is 1.11 bits per heavy atom. The normalized spacial score (nSPS) is 22.8. The number of carbonyl (C=O) groups excluding carboxylic acids is 1. The number of hydrogen-bond donors (Lipinski definition) is 1. The molecule has 0 saturated heterocycles. The fourth-order valence-electron chi connectivity index (χ4n) is 5.05. The summed E-state index contributed by atoms with van der Waals surface area (Å²) in [7, 11) is 0. The van der Waals surface area contributed by atoms with E-state index in [1.807, 2.05) is 18.2 Å². The first kappa shape index (κ1) is 17.5. The molecule has 2 heterocycles. The summed E-state index contributed by atoms with van der Waals surface area (Å²) in [4.78, 5) is 18.1. The van der Waals surface area contributed by atoms with Crippen molar-refractivity contribution < 1.29 is 9.53 Å². The number of nitrogen functional groups attached to an aromatic ring is 1. The number of aryl methyl sites for hydroxylation is 1. The summed E-state index contributed by atoms with van der Waals surface area (Å²) in [5, 5.41) is 0. The zero-order valence-corrected chi connectivity index (χ0v) is 16.5. The zero-order chi connectivity index (χ0) is 19.5. The molecule has 0 amide bonds. The molecule has 1 atom stereocenters. The molecule has 3 aliphatic rings. The quantitative estimate of drug-likeness (QED) is 0.785. The second kappa shape index (κ2) is 6.20. The van der Waals surface area contributed by atoms with Crippen LogP contribution < -0.4 is 10.5 Å². The predicted octanol–water partition coefficient (Wildman–Crippen LogP) is 4.71. The van der Waals surface area contributed by atoms with E-state index in [4.69, 9.17) is 15.5 Å². The Morgan fingerprint density at radius 2 is 1.86 bits per heavy atom. The van der Waals surface area contributed by atoms with Crippen LogP contribution >= 0.6 is 0 Å². The molecule has 4 nitrogen and oxygen atoms in total. The van der Waals surface area contributed by atoms with Crippen LogP contribution in [-0.4, -0.2) is 10.8 Å². The Kier molecular flexibility index (Phi) is 3.87. The van der Waals surface area contributed by atoms with Gasteiger partial charge in [-0.15, -0.1) is 0 Å². The number of nitrogens with two attached hydrogens (primary N) is 1. The van der Waals surface area contributed by atoms with Gasteiger partial charge in [-0.1, -0.05) is 44.2 Å². The molecule has 0 unspecified atom stereocenters. The lowest BCUT2D eigenvalue weighted by molar-refractivity contribution is -0.118. The van der Waals surface area contributed by atoms with E-state index in [0.29, 0.717) is 12.3 Å². The van der Waals surface area contributed by atoms with Crippen molar-refractivity contribution in [2.45, 2.75) is 58.3 Å². The summed E-state index contributed by atoms with van der Waals surface area (Å²) in [6, 6.07) is 10.2. The summed E-state index contributed by atoms with van der Waals surface area (Å²) < 4.78 is 6.31. The first-order chi connectivity index (χ1) is 13.4. The van der Waals surface area contributed by atoms with Gasteiger partial charge in [0, 0.05) is 35.7 Å². The van der Waals surface area contributed by atoms with E-state index in [0.717, 1.165) is 71.5 Å². The third kappa shape index (κ3) is 2.66. The molecule has 0 fully saturated rings. The molecule has 1 aromatic heterocycles. The number of carbonyl (C=O) groups is 1. The van der Waals surface area contributed by atoms with E-state index < -0.39 is 0 Å². The summed E-state index contributed by atoms with van der Waals surface area (Å²) >= 11 is 0. The SMILES string of the molecule is CC1(C)CC(=O)C2=C(C1)Oc1nc3c(c(N)c1[C@H]2c1ccccc1)CCCC3. The maximum atomic E-state index is 13.2. The Labute approximate surface area is 165 Å². The number of fused-ring (bicyclic) bond motifs is 2. The van der Waals surface area contributed by atoms with Crippen LogP contribution in [0.25, 0.3) is 0 Å². The van der Waals surface area contributed by atoms with Crippen LogP contribution in [0, 0.1) is 5.41 Å². The molecule has 0 radical (unpaired) electrons. The van der Waals surface area contributed by atoms with Crippen LogP contribution in [0.4, 0.5) is 5.69 Å². The fourth-order valence-corrected chi connectivity index (χ4v) is 5.05. The van der Waals surface area contributed by atoms with Crippen molar-refractivity contribution in [1.29, 1.82) is 0 Å². The van der Waals surface area contributed by atoms with Gasteiger partial charge in [-0.05, 0) is 42.2 Å². The van der Waals surface area contributed by atoms with Crippen molar-refractivity contribution in [2.75, 3.05) is 5.73 Å². The maximum Gasteiger partial charge on any atom is 0.225 e. The highest BCUT2D eigenvalue weighted by molar-refractivity contribution is 6.00. The summed E-state index contributed by atoms with van der Waals surface area (Å²) in [6.45, 7) is 4.25. The molecule has 28 heavy (non-hydrogen) atoms. The van der Waals surface area contributed by atoms with Gasteiger partial charge in [0.2, 0.25) is 5.88 Å². The van der Waals surface area contributed by atoms with Crippen LogP contribution in [0.1, 0.15) is 67.8 Å². The monoisotopic (exact) mass is 374 g/mol. The van der Waals surface area contributed by atoms with Gasteiger partial charge in [-0.3, -0.25) is 4.79 Å². The van der Waals surface area contributed by atoms with Crippen molar-refractivity contribution in [2.24, 2.45) is 5.41 Å². The molecule has 1 aromatic carbocycles. The number of anilines is 1. The fraction of sp³-hybridized carbons (Fsp3) is 0.417. The second-order valence-electron chi connectivity index (χ2n) is 9.10. The molecular formula is C24H26N2O2. The molecule has 4 heteroatoms. The summed E-state index contributed by atoms with van der Waals surface area (Å²) in [5.74, 6) is 1.37. The number of allylic oxidation sites excluding steroid dienone is 2. The predicted molar refractivity (Wildman–Crippen MR) is 109 cm³/mol. The second-order valence-corrected chi connectivity index (χ2v) is 9.10. The number of ketones is 1. The molecule has 5 rings (SSSR count). The van der Waals surface area contributed by atoms with Gasteiger partial charge in [-0.25, -0.2) is 4.98 Å². The van der Waals surface area contributed by atoms with Crippen molar-refractivity contribution in [3.8, 4) is 5.88 Å². The number of aromatic nitrogens is 1. The number of hydrogen-bond acceptors (Lipinski definition) is 4. The smallest absolute Gasteiger partial charge is 0.225 e. The highest BCUT2D eigenvalue weighted by atomic mass is 16.5. The van der Waals surface area contributed by atoms with Crippen molar-refractivity contribution in [1.82, 2.24) is 4.98 Å². The molecule has 2 aromatic rings. The van der Waals surface area contributed by atoms with Crippen molar-refractivity contribution >= 4 is 11.5 Å². The number of benzene rings is 1. The maximum absolute atomic E-state index is 13.2. The van der Waals surface area contributed by atoms with E-state index in [2.05, 4.69) is 26.0 Å². The lowest BCUT2D eigenvalue weighted by Gasteiger charge is -2.39. The van der Waals surface area contributed by atoms with E-state index >= 15 is 0 Å². The van der Waals surface area contributed by atoms with Gasteiger partial charge in [0.15, 0.2) is 5.78 Å². The number of rotatable bonds is 1. The Hall–Kier alpha value is -2.62. The van der Waals surface area contributed by atoms with Crippen molar-refractivity contribution in [3.63, 3.8) is 0 Å². The van der Waals surface area contributed by atoms with E-state index in [1.165, 1.54) is 0 Å². The average molecular weight is 374 g/mol. The molecule has 144 valence electrons. The molecular weight excluding hydrogens is 348 g/mol. The highest BCUT2D eigenvalue weighted by Gasteiger charge is 2.44. The minimum atomic E-state index is -0.191. The first-order valence-corrected chi connectivity index (χ1v) is 10.2. The van der Waals surface area contributed by atoms with Gasteiger partial charge in [0.1, 0.15) is 5.76 Å². The van der Waals surface area contributed by atoms with E-state index in [9.17, 15) is 4.79 Å². The van der Waals surface area contributed by atoms with Crippen LogP contribution in [0.5, 0.6) is 5.88 Å². The van der Waals surface area contributed by atoms with Crippen molar-refractivity contribution in [3.05, 3.63) is 64.0 Å². The molecule has 0 bridgehead atoms. The molecule has 2 N–H and O–H groups in total. The zero-order valence-electron chi connectivity index (χ0n) is 16.5. The third-order valence-electron chi connectivity index (χ3n) is 6.33. The van der Waals surface area contributed by atoms with Gasteiger partial charge in [0.25, 0.3) is 0 Å². The number of pyridine rings is 1. The van der Waals surface area contributed by atoms with Gasteiger partial charge in [0.05, 0.1) is 5.56 Å². The van der Waals surface area contributed by atoms with E-state index in [-0.39, 0.29) is 17.1 Å². The van der Waals surface area contributed by atoms with Crippen LogP contribution in [0.3, 0.4) is 0 Å². The third-order valence-corrected chi connectivity index (χ3v) is 6.33. The number of ether oxygens (including phenoxy) is 1. The van der Waals surface area contributed by atoms with Gasteiger partial charge < -0.3 is 10.5 Å². The van der Waals surface area contributed by atoms with Gasteiger partial charge in [-0.2, -0.15) is 0 Å². The molecule has 1 aliphatic heterocycles. The van der Waals surface area contributed by atoms with Crippen LogP contribution in [0.2, 0.25) is 0 Å². The highest BCUT2D eigenvalue weighted by Crippen LogP contribution is 2.52. The van der Waals surface area contributed by atoms with Crippen LogP contribution in [0.15, 0.2) is 41.7 Å². The standard InChI is InChI=1S/C24H26N2O2/c1-24(2)12-17(27)20-18(13-24)28-23-21(19(20)14-8-4-3-5-9-14)22(25)15-10-6-7-11-16(15)26-23/h3-5,8-9,19H,6-7,10-13H2,1-2H3,(H2,25,26)/t19-/m0/s1. The summed E-state index contributed by atoms with van der Waals surface area (Å²) in [5.41, 5.74) is 12.4. The molecule has 0 spiro atoms. The minimum absolute atomic E-state index is 0.103. The molecule has 2 aliphatic carbocycles. The molecule has 0 saturated carbocycles. The Bertz CT molecular complexity index is 1010. The average Bonchev–Trinajstić information content (AvgIpc) is 2.66. The Balaban J connectivity index is 1.77. The minimum Gasteiger partial charge on any atom is -0.443 e. The lowest BCUT2D eigenvalue weighted by Crippen LogP contribution is -2.34. The number of Topliss-reactive ketones (excluding diaryl/α,β-unsaturated/α-hetero) is 1. The first-order valence-electron chi connectivity index (χ1n) is 10.2. The topological polar surface area (TPSA) is 65.2 Å². The summed E-state index contributed by atoms with van der Waals surface area (Å²) in [6.07, 6.45) is 5.45. The van der Waals surface area contributed by atoms with E-state index in [1.54, 1.807) is 0 Å². The number of nitrogens with zero attached hydrogens (tertiary/aromatic N) is 1. The largest absolute Gasteiger partial charge is 0.443 e.